The van der Waals surface area contributed by atoms with Gasteiger partial charge in [0.1, 0.15) is 11.9 Å². The molecule has 7 heteroatoms. The number of benzene rings is 1. The van der Waals surface area contributed by atoms with Gasteiger partial charge in [0.05, 0.1) is 11.0 Å². The van der Waals surface area contributed by atoms with E-state index in [4.69, 9.17) is 5.73 Å². The van der Waals surface area contributed by atoms with Crippen molar-refractivity contribution in [1.82, 2.24) is 19.8 Å². The van der Waals surface area contributed by atoms with Gasteiger partial charge in [-0.05, 0) is 19.2 Å². The molecule has 0 bridgehead atoms. The number of primary amides is 1. The quantitative estimate of drug-likeness (QED) is 0.838. The fourth-order valence-electron chi connectivity index (χ4n) is 2.91. The average molecular weight is 315 g/mol. The Morgan fingerprint density at radius 3 is 2.87 bits per heavy atom. The fourth-order valence-corrected chi connectivity index (χ4v) is 2.91. The molecule has 0 radical (unpaired) electrons. The number of imidazole rings is 1. The molecule has 1 aliphatic heterocycles. The number of likely N-dealkylation sites (N-methyl/N-ethyl adjacent to an activating group) is 1. The minimum atomic E-state index is -0.404. The van der Waals surface area contributed by atoms with Gasteiger partial charge in [-0.2, -0.15) is 0 Å². The first kappa shape index (κ1) is 15.5. The summed E-state index contributed by atoms with van der Waals surface area (Å²) < 4.78 is 0. The number of H-pyrrole nitrogens is 1. The molecule has 1 aromatic heterocycles. The number of nitrogens with two attached hydrogens (primary N) is 1. The first-order chi connectivity index (χ1) is 11.0. The van der Waals surface area contributed by atoms with Gasteiger partial charge in [-0.25, -0.2) is 4.98 Å². The highest BCUT2D eigenvalue weighted by Crippen LogP contribution is 2.13. The maximum Gasteiger partial charge on any atom is 0.236 e. The number of para-hydroxylation sites is 2. The Bertz CT molecular complexity index is 693. The number of fused-ring (bicyclic) bond motifs is 1. The maximum atomic E-state index is 12.4. The molecule has 0 spiro atoms. The number of nitrogens with one attached hydrogen (secondary N) is 1. The third-order valence-corrected chi connectivity index (χ3v) is 4.34. The number of hydrogen-bond donors (Lipinski definition) is 2. The van der Waals surface area contributed by atoms with Gasteiger partial charge in [0.25, 0.3) is 0 Å². The van der Waals surface area contributed by atoms with E-state index in [1.165, 1.54) is 0 Å². The molecule has 1 saturated heterocycles. The summed E-state index contributed by atoms with van der Waals surface area (Å²) in [5, 5.41) is 0. The van der Waals surface area contributed by atoms with Crippen LogP contribution < -0.4 is 5.73 Å². The summed E-state index contributed by atoms with van der Waals surface area (Å²) in [5.74, 6) is 0.451. The summed E-state index contributed by atoms with van der Waals surface area (Å²) in [6.45, 7) is 1.65. The minimum Gasteiger partial charge on any atom is -0.368 e. The lowest BCUT2D eigenvalue weighted by atomic mass is 10.1. The monoisotopic (exact) mass is 315 g/mol. The molecule has 2 aromatic rings. The van der Waals surface area contributed by atoms with Gasteiger partial charge >= 0.3 is 0 Å². The van der Waals surface area contributed by atoms with E-state index in [1.807, 2.05) is 36.2 Å². The Labute approximate surface area is 134 Å². The van der Waals surface area contributed by atoms with Crippen molar-refractivity contribution in [1.29, 1.82) is 0 Å². The molecule has 2 amide bonds. The number of hydrogen-bond acceptors (Lipinski definition) is 4. The number of rotatable bonds is 4. The summed E-state index contributed by atoms with van der Waals surface area (Å²) in [6, 6.07) is 7.38. The Morgan fingerprint density at radius 1 is 1.35 bits per heavy atom. The molecule has 3 N–H and O–H groups in total. The van der Waals surface area contributed by atoms with Crippen molar-refractivity contribution in [2.75, 3.05) is 26.7 Å². The zero-order valence-corrected chi connectivity index (χ0v) is 13.2. The van der Waals surface area contributed by atoms with Crippen molar-refractivity contribution >= 4 is 22.8 Å². The van der Waals surface area contributed by atoms with Crippen molar-refractivity contribution in [3.63, 3.8) is 0 Å². The maximum absolute atomic E-state index is 12.4. The van der Waals surface area contributed by atoms with Crippen LogP contribution in [0.4, 0.5) is 0 Å². The molecule has 7 nitrogen and oxygen atoms in total. The molecule has 23 heavy (non-hydrogen) atoms. The minimum absolute atomic E-state index is 0.0322. The SMILES string of the molecule is CN1CCN(C(=O)CCc2nc3ccccc3[nH]2)CC1C(N)=O. The first-order valence-corrected chi connectivity index (χ1v) is 7.75. The van der Waals surface area contributed by atoms with E-state index >= 15 is 0 Å². The number of aromatic nitrogens is 2. The standard InChI is InChI=1S/C16H21N5O2/c1-20-8-9-21(10-13(20)16(17)23)15(22)7-6-14-18-11-4-2-3-5-12(11)19-14/h2-5,13H,6-10H2,1H3,(H2,17,23)(H,18,19). The molecule has 1 fully saturated rings. The van der Waals surface area contributed by atoms with Gasteiger partial charge in [0.15, 0.2) is 0 Å². The van der Waals surface area contributed by atoms with E-state index in [-0.39, 0.29) is 11.8 Å². The largest absolute Gasteiger partial charge is 0.368 e. The fraction of sp³-hybridized carbons (Fsp3) is 0.438. The smallest absolute Gasteiger partial charge is 0.236 e. The number of amides is 2. The summed E-state index contributed by atoms with van der Waals surface area (Å²) in [4.78, 5) is 35.1. The Hall–Kier alpha value is -2.41. The van der Waals surface area contributed by atoms with Crippen molar-refractivity contribution in [2.45, 2.75) is 18.9 Å². The lowest BCUT2D eigenvalue weighted by molar-refractivity contribution is -0.136. The number of aryl methyl sites for hydroxylation is 1. The number of carbonyl (C=O) groups is 2. The second-order valence-corrected chi connectivity index (χ2v) is 5.94. The molecule has 0 aliphatic carbocycles. The van der Waals surface area contributed by atoms with E-state index in [9.17, 15) is 9.59 Å². The molecule has 1 atom stereocenters. The first-order valence-electron chi connectivity index (χ1n) is 7.75. The second kappa shape index (κ2) is 6.37. The zero-order chi connectivity index (χ0) is 16.4. The van der Waals surface area contributed by atoms with Gasteiger partial charge < -0.3 is 15.6 Å². The lowest BCUT2D eigenvalue weighted by Gasteiger charge is -2.37. The summed E-state index contributed by atoms with van der Waals surface area (Å²) >= 11 is 0. The third kappa shape index (κ3) is 3.34. The van der Waals surface area contributed by atoms with Gasteiger partial charge in [-0.3, -0.25) is 14.5 Å². The van der Waals surface area contributed by atoms with Gasteiger partial charge in [-0.1, -0.05) is 12.1 Å². The third-order valence-electron chi connectivity index (χ3n) is 4.34. The van der Waals surface area contributed by atoms with Crippen molar-refractivity contribution in [2.24, 2.45) is 5.73 Å². The van der Waals surface area contributed by atoms with Crippen LogP contribution in [-0.4, -0.2) is 64.3 Å². The average Bonchev–Trinajstić information content (AvgIpc) is 2.95. The molecule has 1 aromatic carbocycles. The Balaban J connectivity index is 1.59. The van der Waals surface area contributed by atoms with E-state index in [0.717, 1.165) is 16.9 Å². The predicted molar refractivity (Wildman–Crippen MR) is 86.6 cm³/mol. The van der Waals surface area contributed by atoms with E-state index in [1.54, 1.807) is 4.90 Å². The normalized spacial score (nSPS) is 19.2. The van der Waals surface area contributed by atoms with Gasteiger partial charge in [0, 0.05) is 32.5 Å². The van der Waals surface area contributed by atoms with E-state index < -0.39 is 6.04 Å². The van der Waals surface area contributed by atoms with Crippen LogP contribution in [0.15, 0.2) is 24.3 Å². The summed E-state index contributed by atoms with van der Waals surface area (Å²) in [5.41, 5.74) is 7.28. The topological polar surface area (TPSA) is 95.3 Å². The van der Waals surface area contributed by atoms with Crippen LogP contribution in [0.3, 0.4) is 0 Å². The van der Waals surface area contributed by atoms with Crippen LogP contribution in [0.2, 0.25) is 0 Å². The van der Waals surface area contributed by atoms with Crippen molar-refractivity contribution < 1.29 is 9.59 Å². The van der Waals surface area contributed by atoms with E-state index in [0.29, 0.717) is 32.5 Å². The number of piperazine rings is 1. The van der Waals surface area contributed by atoms with Crippen LogP contribution in [0, 0.1) is 0 Å². The van der Waals surface area contributed by atoms with Crippen LogP contribution in [-0.2, 0) is 16.0 Å². The lowest BCUT2D eigenvalue weighted by Crippen LogP contribution is -2.57. The van der Waals surface area contributed by atoms with Gasteiger partial charge in [-0.15, -0.1) is 0 Å². The molecule has 0 saturated carbocycles. The highest BCUT2D eigenvalue weighted by molar-refractivity contribution is 5.82. The van der Waals surface area contributed by atoms with Crippen molar-refractivity contribution in [3.8, 4) is 0 Å². The molecule has 3 rings (SSSR count). The van der Waals surface area contributed by atoms with Crippen LogP contribution in [0.1, 0.15) is 12.2 Å². The van der Waals surface area contributed by atoms with Crippen LogP contribution in [0.5, 0.6) is 0 Å². The Morgan fingerprint density at radius 2 is 2.13 bits per heavy atom. The van der Waals surface area contributed by atoms with Crippen LogP contribution in [0.25, 0.3) is 11.0 Å². The molecule has 122 valence electrons. The number of carbonyl (C=O) groups excluding carboxylic acids is 2. The highest BCUT2D eigenvalue weighted by Gasteiger charge is 2.30. The molecule has 1 aliphatic rings. The zero-order valence-electron chi connectivity index (χ0n) is 13.2. The summed E-state index contributed by atoms with van der Waals surface area (Å²) in [7, 11) is 1.85. The molecular formula is C16H21N5O2. The van der Waals surface area contributed by atoms with Crippen LogP contribution >= 0.6 is 0 Å². The molecule has 2 heterocycles. The summed E-state index contributed by atoms with van der Waals surface area (Å²) in [6.07, 6.45) is 0.927. The molecular weight excluding hydrogens is 294 g/mol. The number of nitrogens with zero attached hydrogens (tertiary/aromatic N) is 3. The Kier molecular flexibility index (Phi) is 4.29. The molecule has 1 unspecified atom stereocenters. The predicted octanol–water partition coefficient (Wildman–Crippen LogP) is 0.123. The number of aromatic amines is 1. The second-order valence-electron chi connectivity index (χ2n) is 5.94. The van der Waals surface area contributed by atoms with Gasteiger partial charge in [0.2, 0.25) is 11.8 Å². The van der Waals surface area contributed by atoms with E-state index in [2.05, 4.69) is 9.97 Å². The highest BCUT2D eigenvalue weighted by atomic mass is 16.2. The van der Waals surface area contributed by atoms with Crippen molar-refractivity contribution in [3.05, 3.63) is 30.1 Å².